The highest BCUT2D eigenvalue weighted by Crippen LogP contribution is 2.30. The molecule has 0 unspecified atom stereocenters. The Kier molecular flexibility index (Phi) is 5.27. The first-order valence-electron chi connectivity index (χ1n) is 7.31. The number of hydrogen-bond donors (Lipinski definition) is 1. The summed E-state index contributed by atoms with van der Waals surface area (Å²) in [7, 11) is 0. The highest BCUT2D eigenvalue weighted by atomic mass is 32.2. The molecule has 0 atom stereocenters. The van der Waals surface area contributed by atoms with E-state index < -0.39 is 0 Å². The Morgan fingerprint density at radius 1 is 1.21 bits per heavy atom. The molecule has 0 spiro atoms. The molecule has 122 valence electrons. The third kappa shape index (κ3) is 4.21. The fourth-order valence-electron chi connectivity index (χ4n) is 2.07. The summed E-state index contributed by atoms with van der Waals surface area (Å²) in [5.41, 5.74) is 2.29. The standard InChI is InChI=1S/C18H15FN2OS2/c1-12-10-14(2-3-15(12)19)21-18(22)16-4-5-17(24-16)23-11-13-6-8-20-9-7-13/h2-10H,11H2,1H3,(H,21,22). The van der Waals surface area contributed by atoms with Crippen LogP contribution in [0.4, 0.5) is 10.1 Å². The molecule has 1 N–H and O–H groups in total. The number of aryl methyl sites for hydroxylation is 1. The van der Waals surface area contributed by atoms with Crippen molar-refractivity contribution >= 4 is 34.7 Å². The SMILES string of the molecule is Cc1cc(NC(=O)c2ccc(SCc3ccncc3)s2)ccc1F. The van der Waals surface area contributed by atoms with E-state index in [0.29, 0.717) is 16.1 Å². The number of benzene rings is 1. The van der Waals surface area contributed by atoms with E-state index in [1.807, 2.05) is 24.3 Å². The van der Waals surface area contributed by atoms with E-state index in [2.05, 4.69) is 10.3 Å². The third-order valence-electron chi connectivity index (χ3n) is 3.35. The minimum atomic E-state index is -0.279. The monoisotopic (exact) mass is 358 g/mol. The van der Waals surface area contributed by atoms with Gasteiger partial charge in [0.1, 0.15) is 5.82 Å². The smallest absolute Gasteiger partial charge is 0.265 e. The minimum absolute atomic E-state index is 0.179. The van der Waals surface area contributed by atoms with Crippen molar-refractivity contribution in [3.05, 3.63) is 76.7 Å². The van der Waals surface area contributed by atoms with E-state index in [4.69, 9.17) is 0 Å². The van der Waals surface area contributed by atoms with E-state index in [1.165, 1.54) is 23.0 Å². The number of thioether (sulfide) groups is 1. The normalized spacial score (nSPS) is 10.6. The highest BCUT2D eigenvalue weighted by Gasteiger charge is 2.11. The van der Waals surface area contributed by atoms with Crippen molar-refractivity contribution in [3.63, 3.8) is 0 Å². The molecule has 24 heavy (non-hydrogen) atoms. The summed E-state index contributed by atoms with van der Waals surface area (Å²) in [6, 6.07) is 12.3. The van der Waals surface area contributed by atoms with E-state index in [9.17, 15) is 9.18 Å². The molecular weight excluding hydrogens is 343 g/mol. The largest absolute Gasteiger partial charge is 0.321 e. The molecule has 1 aromatic carbocycles. The van der Waals surface area contributed by atoms with Crippen molar-refractivity contribution < 1.29 is 9.18 Å². The van der Waals surface area contributed by atoms with Crippen LogP contribution in [-0.2, 0) is 5.75 Å². The van der Waals surface area contributed by atoms with Crippen molar-refractivity contribution in [2.24, 2.45) is 0 Å². The molecule has 0 bridgehead atoms. The van der Waals surface area contributed by atoms with Crippen molar-refractivity contribution in [2.45, 2.75) is 16.9 Å². The number of nitrogens with one attached hydrogen (secondary N) is 1. The van der Waals surface area contributed by atoms with Gasteiger partial charge in [-0.15, -0.1) is 23.1 Å². The Balaban J connectivity index is 1.62. The molecular formula is C18H15FN2OS2. The zero-order chi connectivity index (χ0) is 16.9. The third-order valence-corrected chi connectivity index (χ3v) is 5.73. The Morgan fingerprint density at radius 3 is 2.75 bits per heavy atom. The molecule has 0 aliphatic carbocycles. The van der Waals surface area contributed by atoms with Crippen molar-refractivity contribution in [3.8, 4) is 0 Å². The van der Waals surface area contributed by atoms with Crippen molar-refractivity contribution in [2.75, 3.05) is 5.32 Å². The predicted molar refractivity (Wildman–Crippen MR) is 97.2 cm³/mol. The molecule has 0 aliphatic rings. The lowest BCUT2D eigenvalue weighted by Crippen LogP contribution is -2.10. The molecule has 0 aliphatic heterocycles. The Bertz CT molecular complexity index is 849. The van der Waals surface area contributed by atoms with Gasteiger partial charge in [-0.2, -0.15) is 0 Å². The average Bonchev–Trinajstić information content (AvgIpc) is 3.06. The van der Waals surface area contributed by atoms with Gasteiger partial charge in [0.25, 0.3) is 5.91 Å². The number of thiophene rings is 1. The van der Waals surface area contributed by atoms with Gasteiger partial charge in [-0.25, -0.2) is 4.39 Å². The first-order valence-corrected chi connectivity index (χ1v) is 9.11. The number of amides is 1. The number of halogens is 1. The number of nitrogens with zero attached hydrogens (tertiary/aromatic N) is 1. The fourth-order valence-corrected chi connectivity index (χ4v) is 4.05. The molecule has 0 saturated heterocycles. The van der Waals surface area contributed by atoms with Gasteiger partial charge in [0.15, 0.2) is 0 Å². The van der Waals surface area contributed by atoms with Crippen LogP contribution in [0.25, 0.3) is 0 Å². The first-order chi connectivity index (χ1) is 11.6. The van der Waals surface area contributed by atoms with Gasteiger partial charge < -0.3 is 5.32 Å². The van der Waals surface area contributed by atoms with Crippen molar-refractivity contribution in [1.82, 2.24) is 4.98 Å². The van der Waals surface area contributed by atoms with Crippen LogP contribution < -0.4 is 5.32 Å². The van der Waals surface area contributed by atoms with Gasteiger partial charge in [-0.3, -0.25) is 9.78 Å². The van der Waals surface area contributed by atoms with Gasteiger partial charge in [0.2, 0.25) is 0 Å². The molecule has 3 rings (SSSR count). The van der Waals surface area contributed by atoms with Crippen LogP contribution in [0.5, 0.6) is 0 Å². The second kappa shape index (κ2) is 7.59. The summed E-state index contributed by atoms with van der Waals surface area (Å²) >= 11 is 3.13. The maximum atomic E-state index is 13.3. The van der Waals surface area contributed by atoms with E-state index in [1.54, 1.807) is 43.2 Å². The van der Waals surface area contributed by atoms with Gasteiger partial charge in [0.05, 0.1) is 9.09 Å². The van der Waals surface area contributed by atoms with Gasteiger partial charge in [0, 0.05) is 23.8 Å². The topological polar surface area (TPSA) is 42.0 Å². The Hall–Kier alpha value is -2.18. The summed E-state index contributed by atoms with van der Waals surface area (Å²) in [5.74, 6) is 0.377. The molecule has 0 saturated carbocycles. The van der Waals surface area contributed by atoms with Crippen LogP contribution in [0.2, 0.25) is 0 Å². The van der Waals surface area contributed by atoms with Crippen molar-refractivity contribution in [1.29, 1.82) is 0 Å². The maximum absolute atomic E-state index is 13.3. The van der Waals surface area contributed by atoms with Crippen LogP contribution in [0, 0.1) is 12.7 Å². The molecule has 0 fully saturated rings. The van der Waals surface area contributed by atoms with Crippen LogP contribution in [0.1, 0.15) is 20.8 Å². The lowest BCUT2D eigenvalue weighted by Gasteiger charge is -2.05. The van der Waals surface area contributed by atoms with Gasteiger partial charge >= 0.3 is 0 Å². The molecule has 6 heteroatoms. The number of rotatable bonds is 5. The van der Waals surface area contributed by atoms with Gasteiger partial charge in [-0.1, -0.05) is 0 Å². The minimum Gasteiger partial charge on any atom is -0.321 e. The second-order valence-corrected chi connectivity index (χ2v) is 7.54. The Morgan fingerprint density at radius 2 is 2.00 bits per heavy atom. The van der Waals surface area contributed by atoms with Gasteiger partial charge in [-0.05, 0) is 60.5 Å². The summed E-state index contributed by atoms with van der Waals surface area (Å²) < 4.78 is 14.3. The van der Waals surface area contributed by atoms with E-state index in [-0.39, 0.29) is 11.7 Å². The van der Waals surface area contributed by atoms with Crippen LogP contribution >= 0.6 is 23.1 Å². The molecule has 1 amide bonds. The zero-order valence-corrected chi connectivity index (χ0v) is 14.6. The maximum Gasteiger partial charge on any atom is 0.265 e. The Labute approximate surface area is 148 Å². The van der Waals surface area contributed by atoms with Crippen LogP contribution in [0.15, 0.2) is 59.1 Å². The quantitative estimate of drug-likeness (QED) is 0.643. The number of anilines is 1. The number of hydrogen-bond acceptors (Lipinski definition) is 4. The summed E-state index contributed by atoms with van der Waals surface area (Å²) in [6.45, 7) is 1.67. The number of pyridine rings is 1. The summed E-state index contributed by atoms with van der Waals surface area (Å²) in [4.78, 5) is 16.9. The second-order valence-electron chi connectivity index (χ2n) is 5.18. The fraction of sp³-hybridized carbons (Fsp3) is 0.111. The van der Waals surface area contributed by atoms with Crippen LogP contribution in [-0.4, -0.2) is 10.9 Å². The molecule has 2 heterocycles. The van der Waals surface area contributed by atoms with E-state index >= 15 is 0 Å². The summed E-state index contributed by atoms with van der Waals surface area (Å²) in [5, 5.41) is 2.80. The lowest BCUT2D eigenvalue weighted by molar-refractivity contribution is 0.103. The summed E-state index contributed by atoms with van der Waals surface area (Å²) in [6.07, 6.45) is 3.54. The molecule has 2 aromatic heterocycles. The molecule has 3 nitrogen and oxygen atoms in total. The number of aromatic nitrogens is 1. The number of carbonyl (C=O) groups excluding carboxylic acids is 1. The predicted octanol–water partition coefficient (Wildman–Crippen LogP) is 5.14. The molecule has 3 aromatic rings. The average molecular weight is 358 g/mol. The molecule has 0 radical (unpaired) electrons. The highest BCUT2D eigenvalue weighted by molar-refractivity contribution is 8.00. The number of carbonyl (C=O) groups is 1. The first kappa shape index (κ1) is 16.7. The van der Waals surface area contributed by atoms with Crippen LogP contribution in [0.3, 0.4) is 0 Å². The van der Waals surface area contributed by atoms with E-state index in [0.717, 1.165) is 9.96 Å². The zero-order valence-electron chi connectivity index (χ0n) is 13.0. The lowest BCUT2D eigenvalue weighted by atomic mass is 10.2.